The first kappa shape index (κ1) is 14.3. The third-order valence-electron chi connectivity index (χ3n) is 2.38. The summed E-state index contributed by atoms with van der Waals surface area (Å²) in [6, 6.07) is 5.87. The molecule has 0 aliphatic heterocycles. The maximum absolute atomic E-state index is 12.0. The molecule has 0 fully saturated rings. The van der Waals surface area contributed by atoms with Crippen LogP contribution < -0.4 is 4.90 Å². The van der Waals surface area contributed by atoms with E-state index in [0.717, 1.165) is 0 Å². The van der Waals surface area contributed by atoms with Gasteiger partial charge in [0.25, 0.3) is 0 Å². The highest BCUT2D eigenvalue weighted by atomic mass is 19.4. The van der Waals surface area contributed by atoms with E-state index in [2.05, 4.69) is 0 Å². The van der Waals surface area contributed by atoms with Crippen LogP contribution in [0.5, 0.6) is 5.75 Å². The van der Waals surface area contributed by atoms with Crippen LogP contribution in [-0.4, -0.2) is 23.7 Å². The summed E-state index contributed by atoms with van der Waals surface area (Å²) < 4.78 is 36.1. The lowest BCUT2D eigenvalue weighted by atomic mass is 10.2. The fourth-order valence-corrected chi connectivity index (χ4v) is 1.55. The number of halogens is 3. The van der Waals surface area contributed by atoms with Gasteiger partial charge in [-0.15, -0.1) is 0 Å². The van der Waals surface area contributed by atoms with E-state index < -0.39 is 24.9 Å². The molecule has 0 aromatic heterocycles. The van der Waals surface area contributed by atoms with Crippen molar-refractivity contribution in [3.8, 4) is 5.75 Å². The Morgan fingerprint density at radius 1 is 1.39 bits per heavy atom. The third-order valence-corrected chi connectivity index (χ3v) is 2.38. The second-order valence-corrected chi connectivity index (χ2v) is 3.77. The Bertz CT molecular complexity index is 418. The number of amides is 1. The van der Waals surface area contributed by atoms with Crippen molar-refractivity contribution in [2.75, 3.05) is 11.4 Å². The quantitative estimate of drug-likeness (QED) is 0.904. The van der Waals surface area contributed by atoms with Gasteiger partial charge in [-0.3, -0.25) is 4.79 Å². The molecule has 1 aromatic carbocycles. The predicted octanol–water partition coefficient (Wildman–Crippen LogP) is 3.09. The molecule has 6 heteroatoms. The third kappa shape index (κ3) is 4.27. The van der Waals surface area contributed by atoms with Gasteiger partial charge in [0.15, 0.2) is 0 Å². The molecule has 0 heterocycles. The highest BCUT2D eigenvalue weighted by Gasteiger charge is 2.29. The van der Waals surface area contributed by atoms with Gasteiger partial charge in [-0.05, 0) is 19.1 Å². The Hall–Kier alpha value is -1.72. The van der Waals surface area contributed by atoms with Crippen molar-refractivity contribution in [1.29, 1.82) is 0 Å². The van der Waals surface area contributed by atoms with Gasteiger partial charge in [-0.2, -0.15) is 13.2 Å². The number of rotatable bonds is 4. The monoisotopic (exact) mass is 261 g/mol. The van der Waals surface area contributed by atoms with Crippen molar-refractivity contribution in [1.82, 2.24) is 0 Å². The molecule has 0 atom stereocenters. The lowest BCUT2D eigenvalue weighted by Crippen LogP contribution is -2.31. The number of carbonyl (C=O) groups excluding carboxylic acids is 1. The Morgan fingerprint density at radius 2 is 2.06 bits per heavy atom. The van der Waals surface area contributed by atoms with E-state index in [1.807, 2.05) is 0 Å². The molecule has 1 aromatic rings. The summed E-state index contributed by atoms with van der Waals surface area (Å²) in [5.74, 6) is -0.644. The Balaban J connectivity index is 2.75. The van der Waals surface area contributed by atoms with Crippen LogP contribution in [0, 0.1) is 0 Å². The number of aromatic hydroxyl groups is 1. The van der Waals surface area contributed by atoms with Gasteiger partial charge in [0.2, 0.25) is 5.91 Å². The zero-order chi connectivity index (χ0) is 13.8. The van der Waals surface area contributed by atoms with Gasteiger partial charge >= 0.3 is 6.18 Å². The van der Waals surface area contributed by atoms with Crippen LogP contribution in [-0.2, 0) is 4.79 Å². The molecule has 1 amide bonds. The summed E-state index contributed by atoms with van der Waals surface area (Å²) in [6.07, 6.45) is -6.07. The molecule has 0 spiro atoms. The molecular formula is C12H14F3NO2. The lowest BCUT2D eigenvalue weighted by molar-refractivity contribution is -0.143. The van der Waals surface area contributed by atoms with E-state index in [1.54, 1.807) is 13.0 Å². The van der Waals surface area contributed by atoms with Crippen molar-refractivity contribution < 1.29 is 23.1 Å². The number of hydrogen-bond acceptors (Lipinski definition) is 2. The second-order valence-electron chi connectivity index (χ2n) is 3.77. The molecule has 18 heavy (non-hydrogen) atoms. The lowest BCUT2D eigenvalue weighted by Gasteiger charge is -2.21. The molecule has 100 valence electrons. The van der Waals surface area contributed by atoms with Crippen molar-refractivity contribution in [3.63, 3.8) is 0 Å². The van der Waals surface area contributed by atoms with Gasteiger partial charge in [-0.25, -0.2) is 0 Å². The summed E-state index contributed by atoms with van der Waals surface area (Å²) in [7, 11) is 0. The molecule has 0 saturated carbocycles. The molecule has 1 rings (SSSR count). The average molecular weight is 261 g/mol. The van der Waals surface area contributed by atoms with E-state index >= 15 is 0 Å². The Morgan fingerprint density at radius 3 is 2.56 bits per heavy atom. The Kier molecular flexibility index (Phi) is 4.58. The van der Waals surface area contributed by atoms with Crippen LogP contribution in [0.15, 0.2) is 24.3 Å². The molecule has 0 bridgehead atoms. The highest BCUT2D eigenvalue weighted by molar-refractivity contribution is 5.93. The normalized spacial score (nSPS) is 11.3. The first-order valence-corrected chi connectivity index (χ1v) is 5.49. The number of phenols is 1. The smallest absolute Gasteiger partial charge is 0.389 e. The van der Waals surface area contributed by atoms with Crippen LogP contribution in [0.4, 0.5) is 18.9 Å². The molecule has 0 aliphatic rings. The van der Waals surface area contributed by atoms with Crippen LogP contribution in [0.2, 0.25) is 0 Å². The summed E-state index contributed by atoms with van der Waals surface area (Å²) in [5.41, 5.74) is 0.393. The zero-order valence-corrected chi connectivity index (χ0v) is 9.87. The molecule has 0 aliphatic carbocycles. The first-order chi connectivity index (χ1) is 8.33. The van der Waals surface area contributed by atoms with Gasteiger partial charge in [0.1, 0.15) is 5.75 Å². The number of anilines is 1. The maximum Gasteiger partial charge on any atom is 0.389 e. The van der Waals surface area contributed by atoms with E-state index in [4.69, 9.17) is 0 Å². The number of carbonyl (C=O) groups is 1. The molecule has 0 saturated heterocycles. The minimum atomic E-state index is -4.34. The fraction of sp³-hybridized carbons (Fsp3) is 0.417. The number of benzene rings is 1. The van der Waals surface area contributed by atoms with Crippen LogP contribution >= 0.6 is 0 Å². The van der Waals surface area contributed by atoms with Crippen LogP contribution in [0.25, 0.3) is 0 Å². The van der Waals surface area contributed by atoms with Gasteiger partial charge in [-0.1, -0.05) is 6.07 Å². The van der Waals surface area contributed by atoms with Crippen LogP contribution in [0.1, 0.15) is 19.8 Å². The minimum absolute atomic E-state index is 0.0328. The first-order valence-electron chi connectivity index (χ1n) is 5.49. The second kappa shape index (κ2) is 5.75. The molecule has 0 radical (unpaired) electrons. The summed E-state index contributed by atoms with van der Waals surface area (Å²) in [6.45, 7) is 1.91. The summed E-state index contributed by atoms with van der Waals surface area (Å²) >= 11 is 0. The summed E-state index contributed by atoms with van der Waals surface area (Å²) in [4.78, 5) is 12.9. The number of hydrogen-bond donors (Lipinski definition) is 1. The number of alkyl halides is 3. The van der Waals surface area contributed by atoms with E-state index in [0.29, 0.717) is 5.69 Å². The van der Waals surface area contributed by atoms with Crippen molar-refractivity contribution in [2.45, 2.75) is 25.9 Å². The molecule has 0 unspecified atom stereocenters. The standard InChI is InChI=1S/C12H14F3NO2/c1-2-16(9-4-3-5-10(17)8-9)11(18)6-7-12(13,14)15/h3-5,8,17H,2,6-7H2,1H3. The Labute approximate surface area is 103 Å². The van der Waals surface area contributed by atoms with E-state index in [9.17, 15) is 23.1 Å². The van der Waals surface area contributed by atoms with Gasteiger partial charge in [0, 0.05) is 24.7 Å². The van der Waals surface area contributed by atoms with E-state index in [1.165, 1.54) is 23.1 Å². The SMILES string of the molecule is CCN(C(=O)CCC(F)(F)F)c1cccc(O)c1. The fourth-order valence-electron chi connectivity index (χ4n) is 1.55. The van der Waals surface area contributed by atoms with Crippen LogP contribution in [0.3, 0.4) is 0 Å². The maximum atomic E-state index is 12.0. The molecule has 3 nitrogen and oxygen atoms in total. The van der Waals surface area contributed by atoms with E-state index in [-0.39, 0.29) is 12.3 Å². The topological polar surface area (TPSA) is 40.5 Å². The van der Waals surface area contributed by atoms with Crippen molar-refractivity contribution >= 4 is 11.6 Å². The summed E-state index contributed by atoms with van der Waals surface area (Å²) in [5, 5.41) is 9.28. The molecular weight excluding hydrogens is 247 g/mol. The highest BCUT2D eigenvalue weighted by Crippen LogP contribution is 2.24. The molecule has 1 N–H and O–H groups in total. The predicted molar refractivity (Wildman–Crippen MR) is 61.4 cm³/mol. The van der Waals surface area contributed by atoms with Crippen molar-refractivity contribution in [3.05, 3.63) is 24.3 Å². The van der Waals surface area contributed by atoms with Gasteiger partial charge < -0.3 is 10.0 Å². The minimum Gasteiger partial charge on any atom is -0.508 e. The number of phenolic OH excluding ortho intramolecular Hbond substituents is 1. The van der Waals surface area contributed by atoms with Crippen molar-refractivity contribution in [2.24, 2.45) is 0 Å². The largest absolute Gasteiger partial charge is 0.508 e. The average Bonchev–Trinajstić information content (AvgIpc) is 2.26. The number of nitrogens with zero attached hydrogens (tertiary/aromatic N) is 1. The van der Waals surface area contributed by atoms with Gasteiger partial charge in [0.05, 0.1) is 6.42 Å². The zero-order valence-electron chi connectivity index (χ0n) is 9.87.